The van der Waals surface area contributed by atoms with Crippen molar-refractivity contribution in [2.24, 2.45) is 0 Å². The average Bonchev–Trinajstić information content (AvgIpc) is 2.94. The van der Waals surface area contributed by atoms with Crippen LogP contribution in [0.5, 0.6) is 0 Å². The summed E-state index contributed by atoms with van der Waals surface area (Å²) in [4.78, 5) is 18.5. The Balaban J connectivity index is 1.99. The highest BCUT2D eigenvalue weighted by Gasteiger charge is 2.28. The van der Waals surface area contributed by atoms with Crippen LogP contribution in [0.3, 0.4) is 0 Å². The van der Waals surface area contributed by atoms with Gasteiger partial charge in [0.2, 0.25) is 0 Å². The van der Waals surface area contributed by atoms with E-state index in [9.17, 15) is 9.90 Å². The predicted molar refractivity (Wildman–Crippen MR) is 70.6 cm³/mol. The van der Waals surface area contributed by atoms with E-state index in [2.05, 4.69) is 4.98 Å². The molecule has 0 bridgehead atoms. The lowest BCUT2D eigenvalue weighted by atomic mass is 10.2. The number of hydrogen-bond donors (Lipinski definition) is 2. The van der Waals surface area contributed by atoms with Gasteiger partial charge in [0, 0.05) is 30.9 Å². The molecule has 1 saturated heterocycles. The molecule has 1 amide bonds. The van der Waals surface area contributed by atoms with Crippen LogP contribution in [0.15, 0.2) is 18.5 Å². The number of thiophene rings is 1. The van der Waals surface area contributed by atoms with Crippen molar-refractivity contribution in [2.45, 2.75) is 12.5 Å². The maximum atomic E-state index is 12.3. The number of β-amino-alcohol motifs (C(OH)–C–C–N with tert-alkyl or cyclic N) is 1. The number of aliphatic hydroxyl groups excluding tert-OH is 1. The Bertz CT molecular complexity index is 610. The number of fused-ring (bicyclic) bond motifs is 1. The van der Waals surface area contributed by atoms with Crippen molar-refractivity contribution in [2.75, 3.05) is 18.8 Å². The van der Waals surface area contributed by atoms with Gasteiger partial charge in [0.1, 0.15) is 4.88 Å². The lowest BCUT2D eigenvalue weighted by Crippen LogP contribution is -2.29. The van der Waals surface area contributed by atoms with Gasteiger partial charge in [-0.15, -0.1) is 11.3 Å². The molecule has 3 rings (SSSR count). The summed E-state index contributed by atoms with van der Waals surface area (Å²) in [5.74, 6) is -0.0924. The van der Waals surface area contributed by atoms with Crippen molar-refractivity contribution in [1.82, 2.24) is 9.88 Å². The lowest BCUT2D eigenvalue weighted by molar-refractivity contribution is 0.0770. The summed E-state index contributed by atoms with van der Waals surface area (Å²) in [5.41, 5.74) is 6.53. The Hall–Kier alpha value is -1.66. The highest BCUT2D eigenvalue weighted by molar-refractivity contribution is 7.21. The first-order valence-electron chi connectivity index (χ1n) is 5.76. The minimum atomic E-state index is -0.411. The zero-order valence-corrected chi connectivity index (χ0v) is 10.5. The van der Waals surface area contributed by atoms with E-state index >= 15 is 0 Å². The minimum Gasteiger partial charge on any atom is -0.397 e. The number of aliphatic hydroxyl groups is 1. The molecule has 0 spiro atoms. The molecule has 1 aliphatic rings. The van der Waals surface area contributed by atoms with Gasteiger partial charge in [-0.1, -0.05) is 0 Å². The maximum absolute atomic E-state index is 12.3. The molecule has 1 atom stereocenters. The van der Waals surface area contributed by atoms with Crippen LogP contribution in [0.1, 0.15) is 16.1 Å². The number of amides is 1. The molecule has 18 heavy (non-hydrogen) atoms. The van der Waals surface area contributed by atoms with Crippen molar-refractivity contribution in [3.63, 3.8) is 0 Å². The summed E-state index contributed by atoms with van der Waals surface area (Å²) in [7, 11) is 0. The van der Waals surface area contributed by atoms with E-state index < -0.39 is 6.10 Å². The van der Waals surface area contributed by atoms with E-state index in [0.717, 1.165) is 10.1 Å². The molecular formula is C12H13N3O2S. The lowest BCUT2D eigenvalue weighted by Gasteiger charge is -2.14. The van der Waals surface area contributed by atoms with Crippen molar-refractivity contribution in [3.05, 3.63) is 23.3 Å². The Morgan fingerprint density at radius 2 is 2.44 bits per heavy atom. The summed E-state index contributed by atoms with van der Waals surface area (Å²) >= 11 is 1.36. The minimum absolute atomic E-state index is 0.0924. The first-order chi connectivity index (χ1) is 8.66. The highest BCUT2D eigenvalue weighted by atomic mass is 32.1. The van der Waals surface area contributed by atoms with Crippen molar-refractivity contribution in [3.8, 4) is 0 Å². The zero-order chi connectivity index (χ0) is 12.7. The second-order valence-corrected chi connectivity index (χ2v) is 5.46. The van der Waals surface area contributed by atoms with Crippen LogP contribution in [0.25, 0.3) is 10.1 Å². The van der Waals surface area contributed by atoms with E-state index in [0.29, 0.717) is 30.1 Å². The molecule has 6 heteroatoms. The van der Waals surface area contributed by atoms with E-state index in [-0.39, 0.29) is 5.91 Å². The second-order valence-electron chi connectivity index (χ2n) is 4.41. The molecule has 5 nitrogen and oxygen atoms in total. The fraction of sp³-hybridized carbons (Fsp3) is 0.333. The molecule has 3 heterocycles. The largest absolute Gasteiger partial charge is 0.397 e. The third kappa shape index (κ3) is 1.74. The van der Waals surface area contributed by atoms with Gasteiger partial charge in [-0.05, 0) is 12.5 Å². The zero-order valence-electron chi connectivity index (χ0n) is 9.67. The monoisotopic (exact) mass is 263 g/mol. The molecule has 2 aromatic rings. The van der Waals surface area contributed by atoms with E-state index in [1.165, 1.54) is 11.3 Å². The predicted octanol–water partition coefficient (Wildman–Crippen LogP) is 1.09. The number of carbonyl (C=O) groups is 1. The highest BCUT2D eigenvalue weighted by Crippen LogP contribution is 2.34. The number of likely N-dealkylation sites (tertiary alicyclic amines) is 1. The fourth-order valence-electron chi connectivity index (χ4n) is 2.20. The van der Waals surface area contributed by atoms with E-state index in [1.54, 1.807) is 17.3 Å². The van der Waals surface area contributed by atoms with Gasteiger partial charge >= 0.3 is 0 Å². The van der Waals surface area contributed by atoms with Crippen LogP contribution in [-0.2, 0) is 0 Å². The Morgan fingerprint density at radius 3 is 3.11 bits per heavy atom. The van der Waals surface area contributed by atoms with Crippen LogP contribution < -0.4 is 5.73 Å². The van der Waals surface area contributed by atoms with Gasteiger partial charge in [0.25, 0.3) is 5.91 Å². The number of aromatic nitrogens is 1. The number of carbonyl (C=O) groups excluding carboxylic acids is 1. The topological polar surface area (TPSA) is 79.5 Å². The number of anilines is 1. The third-order valence-corrected chi connectivity index (χ3v) is 4.32. The van der Waals surface area contributed by atoms with Crippen molar-refractivity contribution >= 4 is 33.0 Å². The van der Waals surface area contributed by atoms with Crippen LogP contribution >= 0.6 is 11.3 Å². The smallest absolute Gasteiger partial charge is 0.266 e. The molecule has 1 fully saturated rings. The summed E-state index contributed by atoms with van der Waals surface area (Å²) in [6, 6.07) is 1.82. The van der Waals surface area contributed by atoms with Gasteiger partial charge in [-0.3, -0.25) is 9.78 Å². The SMILES string of the molecule is Nc1c(C(=O)N2CCC(O)C2)sc2cnccc12. The Morgan fingerprint density at radius 1 is 1.61 bits per heavy atom. The van der Waals surface area contributed by atoms with E-state index in [1.807, 2.05) is 6.07 Å². The Kier molecular flexibility index (Phi) is 2.68. The molecule has 1 unspecified atom stereocenters. The molecule has 0 saturated carbocycles. The molecule has 3 N–H and O–H groups in total. The number of hydrogen-bond acceptors (Lipinski definition) is 5. The molecule has 2 aromatic heterocycles. The third-order valence-electron chi connectivity index (χ3n) is 3.18. The second kappa shape index (κ2) is 4.22. The molecule has 94 valence electrons. The van der Waals surface area contributed by atoms with Crippen LogP contribution in [-0.4, -0.2) is 40.1 Å². The first-order valence-corrected chi connectivity index (χ1v) is 6.58. The average molecular weight is 263 g/mol. The van der Waals surface area contributed by atoms with Gasteiger partial charge in [-0.25, -0.2) is 0 Å². The summed E-state index contributed by atoms with van der Waals surface area (Å²) in [6.07, 6.45) is 3.61. The van der Waals surface area contributed by atoms with Gasteiger partial charge in [0.15, 0.2) is 0 Å². The molecule has 1 aliphatic heterocycles. The number of nitrogen functional groups attached to an aromatic ring is 1. The standard InChI is InChI=1S/C12H13N3O2S/c13-10-8-1-3-14-5-9(8)18-11(10)12(17)15-4-2-7(16)6-15/h1,3,5,7,16H,2,4,6,13H2. The van der Waals surface area contributed by atoms with Gasteiger partial charge < -0.3 is 15.7 Å². The van der Waals surface area contributed by atoms with Crippen LogP contribution in [0.4, 0.5) is 5.69 Å². The summed E-state index contributed by atoms with van der Waals surface area (Å²) in [6.45, 7) is 0.983. The fourth-order valence-corrected chi connectivity index (χ4v) is 3.26. The van der Waals surface area contributed by atoms with E-state index in [4.69, 9.17) is 5.73 Å². The molecule has 0 radical (unpaired) electrons. The quantitative estimate of drug-likeness (QED) is 0.807. The van der Waals surface area contributed by atoms with Crippen molar-refractivity contribution < 1.29 is 9.90 Å². The van der Waals surface area contributed by atoms with Crippen LogP contribution in [0.2, 0.25) is 0 Å². The summed E-state index contributed by atoms with van der Waals surface area (Å²) < 4.78 is 0.915. The van der Waals surface area contributed by atoms with Crippen LogP contribution in [0, 0.1) is 0 Å². The molecule has 0 aromatic carbocycles. The maximum Gasteiger partial charge on any atom is 0.266 e. The van der Waals surface area contributed by atoms with Gasteiger partial charge in [0.05, 0.1) is 16.5 Å². The number of pyridine rings is 1. The first kappa shape index (κ1) is 11.4. The number of nitrogens with zero attached hydrogens (tertiary/aromatic N) is 2. The summed E-state index contributed by atoms with van der Waals surface area (Å²) in [5, 5.41) is 10.3. The number of nitrogens with two attached hydrogens (primary N) is 1. The molecule has 0 aliphatic carbocycles. The Labute approximate surface area is 108 Å². The number of rotatable bonds is 1. The molecular weight excluding hydrogens is 250 g/mol. The normalized spacial score (nSPS) is 19.6. The van der Waals surface area contributed by atoms with Crippen molar-refractivity contribution in [1.29, 1.82) is 0 Å². The van der Waals surface area contributed by atoms with Gasteiger partial charge in [-0.2, -0.15) is 0 Å².